The van der Waals surface area contributed by atoms with Gasteiger partial charge < -0.3 is 20.1 Å². The summed E-state index contributed by atoms with van der Waals surface area (Å²) in [7, 11) is 3.27. The second kappa shape index (κ2) is 10.6. The van der Waals surface area contributed by atoms with E-state index in [0.717, 1.165) is 50.6 Å². The monoisotopic (exact) mass is 502 g/mol. The smallest absolute Gasteiger partial charge is 0.170 e. The van der Waals surface area contributed by atoms with Crippen LogP contribution in [0.2, 0.25) is 0 Å². The maximum absolute atomic E-state index is 5.46. The van der Waals surface area contributed by atoms with Gasteiger partial charge in [0.15, 0.2) is 16.6 Å². The highest BCUT2D eigenvalue weighted by molar-refractivity contribution is 9.10. The molecule has 0 aliphatic carbocycles. The van der Waals surface area contributed by atoms with Gasteiger partial charge in [0.1, 0.15) is 0 Å². The van der Waals surface area contributed by atoms with Gasteiger partial charge >= 0.3 is 0 Å². The summed E-state index contributed by atoms with van der Waals surface area (Å²) in [6.45, 7) is 5.47. The van der Waals surface area contributed by atoms with E-state index in [1.165, 1.54) is 0 Å². The average Bonchev–Trinajstić information content (AvgIpc) is 3.00. The van der Waals surface area contributed by atoms with Crippen molar-refractivity contribution in [2.24, 2.45) is 0 Å². The minimum atomic E-state index is 0.589. The van der Waals surface area contributed by atoms with Gasteiger partial charge in [-0.05, 0) is 83.8 Å². The Balaban J connectivity index is 1.54. The van der Waals surface area contributed by atoms with E-state index in [4.69, 9.17) is 21.7 Å². The Morgan fingerprint density at radius 3 is 2.52 bits per heavy atom. The first kappa shape index (κ1) is 23.1. The SMILES string of the molecule is COc1ccc(CCNC(=S)Nc2cccc(Cn3nc(C)c(Br)c3C)c2)cc1OC. The second-order valence-corrected chi connectivity index (χ2v) is 8.36. The molecule has 3 aromatic rings. The number of hydrogen-bond acceptors (Lipinski definition) is 4. The maximum atomic E-state index is 5.46. The summed E-state index contributed by atoms with van der Waals surface area (Å²) in [4.78, 5) is 0. The molecule has 2 aromatic carbocycles. The minimum absolute atomic E-state index is 0.589. The molecule has 6 nitrogen and oxygen atoms in total. The van der Waals surface area contributed by atoms with E-state index in [2.05, 4.69) is 50.7 Å². The van der Waals surface area contributed by atoms with Gasteiger partial charge in [0.2, 0.25) is 0 Å². The summed E-state index contributed by atoms with van der Waals surface area (Å²) in [5.41, 5.74) is 5.35. The number of methoxy groups -OCH3 is 2. The Kier molecular flexibility index (Phi) is 7.92. The summed E-state index contributed by atoms with van der Waals surface area (Å²) in [6.07, 6.45) is 0.815. The molecule has 164 valence electrons. The largest absolute Gasteiger partial charge is 0.493 e. The van der Waals surface area contributed by atoms with Crippen LogP contribution in [0.1, 0.15) is 22.5 Å². The van der Waals surface area contributed by atoms with E-state index in [1.54, 1.807) is 14.2 Å². The molecule has 0 aliphatic heterocycles. The molecule has 2 N–H and O–H groups in total. The predicted molar refractivity (Wildman–Crippen MR) is 132 cm³/mol. The maximum Gasteiger partial charge on any atom is 0.170 e. The fraction of sp³-hybridized carbons (Fsp3) is 0.304. The Bertz CT molecular complexity index is 1070. The third kappa shape index (κ3) is 5.98. The normalized spacial score (nSPS) is 10.6. The first-order valence-electron chi connectivity index (χ1n) is 9.95. The van der Waals surface area contributed by atoms with Crippen molar-refractivity contribution < 1.29 is 9.47 Å². The molecule has 0 aliphatic rings. The standard InChI is InChI=1S/C23H27BrN4O2S/c1-15-22(24)16(2)28(27-15)14-18-6-5-7-19(12-18)26-23(31)25-11-10-17-8-9-20(29-3)21(13-17)30-4/h5-9,12-13H,10-11,14H2,1-4H3,(H2,25,26,31). The third-order valence-corrected chi connectivity index (χ3v) is 6.35. The van der Waals surface area contributed by atoms with E-state index in [9.17, 15) is 0 Å². The van der Waals surface area contributed by atoms with Crippen molar-refractivity contribution in [1.29, 1.82) is 0 Å². The lowest BCUT2D eigenvalue weighted by atomic mass is 10.1. The molecule has 3 rings (SSSR count). The lowest BCUT2D eigenvalue weighted by Gasteiger charge is -2.13. The highest BCUT2D eigenvalue weighted by Crippen LogP contribution is 2.27. The Morgan fingerprint density at radius 2 is 1.84 bits per heavy atom. The minimum Gasteiger partial charge on any atom is -0.493 e. The summed E-state index contributed by atoms with van der Waals surface area (Å²) in [5, 5.41) is 11.7. The van der Waals surface area contributed by atoms with Gasteiger partial charge in [-0.1, -0.05) is 18.2 Å². The number of thiocarbonyl (C=S) groups is 1. The van der Waals surface area contributed by atoms with Crippen LogP contribution in [0.15, 0.2) is 46.9 Å². The van der Waals surface area contributed by atoms with E-state index in [0.29, 0.717) is 18.2 Å². The van der Waals surface area contributed by atoms with Crippen molar-refractivity contribution in [3.8, 4) is 11.5 Å². The molecule has 0 amide bonds. The summed E-state index contributed by atoms with van der Waals surface area (Å²) < 4.78 is 13.7. The quantitative estimate of drug-likeness (QED) is 0.429. The summed E-state index contributed by atoms with van der Waals surface area (Å²) in [6, 6.07) is 14.1. The molecule has 8 heteroatoms. The van der Waals surface area contributed by atoms with Crippen LogP contribution in [-0.4, -0.2) is 35.7 Å². The van der Waals surface area contributed by atoms with E-state index >= 15 is 0 Å². The van der Waals surface area contributed by atoms with Gasteiger partial charge in [-0.15, -0.1) is 0 Å². The number of rotatable bonds is 8. The predicted octanol–water partition coefficient (Wildman–Crippen LogP) is 4.86. The van der Waals surface area contributed by atoms with Gasteiger partial charge in [0.05, 0.1) is 36.6 Å². The topological polar surface area (TPSA) is 60.3 Å². The van der Waals surface area contributed by atoms with Crippen molar-refractivity contribution in [2.45, 2.75) is 26.8 Å². The lowest BCUT2D eigenvalue weighted by molar-refractivity contribution is 0.354. The van der Waals surface area contributed by atoms with Crippen molar-refractivity contribution in [3.63, 3.8) is 0 Å². The average molecular weight is 503 g/mol. The molecule has 0 spiro atoms. The zero-order chi connectivity index (χ0) is 22.4. The summed E-state index contributed by atoms with van der Waals surface area (Å²) >= 11 is 9.05. The van der Waals surface area contributed by atoms with E-state index in [-0.39, 0.29) is 0 Å². The second-order valence-electron chi connectivity index (χ2n) is 7.16. The molecule has 0 fully saturated rings. The first-order chi connectivity index (χ1) is 14.9. The Hall–Kier alpha value is -2.58. The van der Waals surface area contributed by atoms with Crippen LogP contribution in [0.3, 0.4) is 0 Å². The van der Waals surface area contributed by atoms with Gasteiger partial charge in [-0.25, -0.2) is 0 Å². The fourth-order valence-electron chi connectivity index (χ4n) is 3.28. The van der Waals surface area contributed by atoms with Crippen molar-refractivity contribution in [1.82, 2.24) is 15.1 Å². The van der Waals surface area contributed by atoms with Crippen molar-refractivity contribution >= 4 is 38.9 Å². The zero-order valence-electron chi connectivity index (χ0n) is 18.2. The number of nitrogens with zero attached hydrogens (tertiary/aromatic N) is 2. The molecule has 31 heavy (non-hydrogen) atoms. The van der Waals surface area contributed by atoms with Crippen LogP contribution in [0.25, 0.3) is 0 Å². The van der Waals surface area contributed by atoms with Gasteiger partial charge in [0.25, 0.3) is 0 Å². The number of ether oxygens (including phenoxy) is 2. The van der Waals surface area contributed by atoms with Gasteiger partial charge in [-0.3, -0.25) is 4.68 Å². The molecule has 0 radical (unpaired) electrons. The van der Waals surface area contributed by atoms with E-state index in [1.807, 2.05) is 41.9 Å². The lowest BCUT2D eigenvalue weighted by Crippen LogP contribution is -2.30. The Labute approximate surface area is 197 Å². The fourth-order valence-corrected chi connectivity index (χ4v) is 3.79. The molecule has 0 saturated carbocycles. The zero-order valence-corrected chi connectivity index (χ0v) is 20.6. The number of benzene rings is 2. The van der Waals surface area contributed by atoms with Crippen LogP contribution in [0.5, 0.6) is 11.5 Å². The molecule has 0 unspecified atom stereocenters. The molecule has 0 atom stereocenters. The number of nitrogens with one attached hydrogen (secondary N) is 2. The Morgan fingerprint density at radius 1 is 1.06 bits per heavy atom. The highest BCUT2D eigenvalue weighted by atomic mass is 79.9. The molecule has 0 saturated heterocycles. The third-order valence-electron chi connectivity index (χ3n) is 4.96. The molecule has 1 heterocycles. The molecular formula is C23H27BrN4O2S. The number of hydrogen-bond donors (Lipinski definition) is 2. The first-order valence-corrected chi connectivity index (χ1v) is 11.2. The van der Waals surface area contributed by atoms with Crippen molar-refractivity contribution in [3.05, 3.63) is 69.5 Å². The molecule has 0 bridgehead atoms. The number of halogens is 1. The number of aryl methyl sites for hydroxylation is 1. The van der Waals surface area contributed by atoms with Crippen LogP contribution >= 0.6 is 28.1 Å². The van der Waals surface area contributed by atoms with Crippen LogP contribution in [-0.2, 0) is 13.0 Å². The van der Waals surface area contributed by atoms with Gasteiger partial charge in [0, 0.05) is 12.2 Å². The number of aromatic nitrogens is 2. The summed E-state index contributed by atoms with van der Waals surface area (Å²) in [5.74, 6) is 1.45. The van der Waals surface area contributed by atoms with Crippen LogP contribution in [0.4, 0.5) is 5.69 Å². The van der Waals surface area contributed by atoms with Crippen molar-refractivity contribution in [2.75, 3.05) is 26.1 Å². The van der Waals surface area contributed by atoms with Crippen LogP contribution in [0, 0.1) is 13.8 Å². The highest BCUT2D eigenvalue weighted by Gasteiger charge is 2.09. The van der Waals surface area contributed by atoms with E-state index < -0.39 is 0 Å². The molecule has 1 aromatic heterocycles. The van der Waals surface area contributed by atoms with Gasteiger partial charge in [-0.2, -0.15) is 5.10 Å². The molecular weight excluding hydrogens is 476 g/mol. The number of anilines is 1. The van der Waals surface area contributed by atoms with Crippen LogP contribution < -0.4 is 20.1 Å².